The van der Waals surface area contributed by atoms with Gasteiger partial charge in [-0.25, -0.2) is 0 Å². The van der Waals surface area contributed by atoms with Crippen LogP contribution in [0.5, 0.6) is 0 Å². The third kappa shape index (κ3) is 4.58. The predicted molar refractivity (Wildman–Crippen MR) is 77.4 cm³/mol. The van der Waals surface area contributed by atoms with Crippen LogP contribution in [0.4, 0.5) is 0 Å². The first-order valence-corrected chi connectivity index (χ1v) is 7.05. The van der Waals surface area contributed by atoms with Crippen molar-refractivity contribution < 1.29 is 9.53 Å². The minimum absolute atomic E-state index is 0.173. The summed E-state index contributed by atoms with van der Waals surface area (Å²) in [6, 6.07) is 5.94. The van der Waals surface area contributed by atoms with Crippen LogP contribution in [0.2, 0.25) is 0 Å². The fourth-order valence-electron chi connectivity index (χ4n) is 2.42. The summed E-state index contributed by atoms with van der Waals surface area (Å²) in [5.41, 5.74) is 1.06. The number of aromatic nitrogens is 1. The molecule has 1 aliphatic heterocycles. The summed E-state index contributed by atoms with van der Waals surface area (Å²) in [5, 5.41) is 0. The van der Waals surface area contributed by atoms with Gasteiger partial charge in [-0.1, -0.05) is 6.07 Å². The summed E-state index contributed by atoms with van der Waals surface area (Å²) in [6.45, 7) is 3.21. The Balaban J connectivity index is 1.94. The van der Waals surface area contributed by atoms with Gasteiger partial charge in [0.1, 0.15) is 0 Å². The maximum absolute atomic E-state index is 12.2. The molecule has 1 saturated heterocycles. The van der Waals surface area contributed by atoms with Crippen LogP contribution in [-0.2, 0) is 16.0 Å². The van der Waals surface area contributed by atoms with Crippen molar-refractivity contribution in [2.45, 2.75) is 6.42 Å². The van der Waals surface area contributed by atoms with Crippen LogP contribution in [0.15, 0.2) is 24.4 Å². The average Bonchev–Trinajstić information content (AvgIpc) is 2.65. The van der Waals surface area contributed by atoms with Crippen molar-refractivity contribution in [2.24, 2.45) is 5.92 Å². The van der Waals surface area contributed by atoms with Crippen LogP contribution in [0.1, 0.15) is 5.69 Å². The largest absolute Gasteiger partial charge is 0.379 e. The summed E-state index contributed by atoms with van der Waals surface area (Å²) in [4.78, 5) is 20.3. The maximum atomic E-state index is 12.2. The second-order valence-electron chi connectivity index (χ2n) is 5.54. The van der Waals surface area contributed by atoms with E-state index in [0.717, 1.165) is 18.7 Å². The molecule has 1 aliphatic rings. The van der Waals surface area contributed by atoms with E-state index in [2.05, 4.69) is 4.98 Å². The molecule has 110 valence electrons. The summed E-state index contributed by atoms with van der Waals surface area (Å²) in [7, 11) is 3.83. The maximum Gasteiger partial charge on any atom is 0.236 e. The van der Waals surface area contributed by atoms with Crippen LogP contribution >= 0.6 is 0 Å². The minimum atomic E-state index is 0.173. The van der Waals surface area contributed by atoms with Gasteiger partial charge in [0.2, 0.25) is 5.91 Å². The Hall–Kier alpha value is -1.46. The van der Waals surface area contributed by atoms with Crippen molar-refractivity contribution in [3.8, 4) is 0 Å². The van der Waals surface area contributed by atoms with Gasteiger partial charge < -0.3 is 14.5 Å². The van der Waals surface area contributed by atoms with Crippen molar-refractivity contribution in [1.29, 1.82) is 0 Å². The van der Waals surface area contributed by atoms with E-state index in [-0.39, 0.29) is 5.91 Å². The number of likely N-dealkylation sites (N-methyl/N-ethyl adjacent to an activating group) is 1. The Bertz CT molecular complexity index is 422. The van der Waals surface area contributed by atoms with E-state index in [4.69, 9.17) is 4.74 Å². The van der Waals surface area contributed by atoms with Crippen LogP contribution in [-0.4, -0.2) is 67.6 Å². The highest BCUT2D eigenvalue weighted by molar-refractivity contribution is 5.78. The Morgan fingerprint density at radius 2 is 2.35 bits per heavy atom. The minimum Gasteiger partial charge on any atom is -0.379 e. The average molecular weight is 277 g/mol. The Kier molecular flexibility index (Phi) is 5.49. The molecule has 0 aliphatic carbocycles. The van der Waals surface area contributed by atoms with Crippen molar-refractivity contribution in [3.63, 3.8) is 0 Å². The number of nitrogens with zero attached hydrogens (tertiary/aromatic N) is 3. The fraction of sp³-hybridized carbons (Fsp3) is 0.600. The number of amides is 1. The van der Waals surface area contributed by atoms with Crippen LogP contribution in [0.3, 0.4) is 0 Å². The van der Waals surface area contributed by atoms with E-state index >= 15 is 0 Å². The van der Waals surface area contributed by atoms with Crippen molar-refractivity contribution in [2.75, 3.05) is 46.9 Å². The smallest absolute Gasteiger partial charge is 0.236 e. The first kappa shape index (κ1) is 14.9. The van der Waals surface area contributed by atoms with Gasteiger partial charge in [-0.15, -0.1) is 0 Å². The van der Waals surface area contributed by atoms with E-state index in [1.54, 1.807) is 0 Å². The van der Waals surface area contributed by atoms with Crippen LogP contribution in [0.25, 0.3) is 0 Å². The Morgan fingerprint density at radius 3 is 3.05 bits per heavy atom. The lowest BCUT2D eigenvalue weighted by Gasteiger charge is -2.25. The molecule has 1 aromatic rings. The lowest BCUT2D eigenvalue weighted by atomic mass is 10.0. The van der Waals surface area contributed by atoms with E-state index in [9.17, 15) is 4.79 Å². The van der Waals surface area contributed by atoms with E-state index in [0.29, 0.717) is 32.2 Å². The lowest BCUT2D eigenvalue weighted by Crippen LogP contribution is -2.41. The molecule has 1 fully saturated rings. The number of pyridine rings is 1. The topological polar surface area (TPSA) is 45.7 Å². The second-order valence-corrected chi connectivity index (χ2v) is 5.54. The van der Waals surface area contributed by atoms with E-state index < -0.39 is 0 Å². The predicted octanol–water partition coefficient (Wildman–Crippen LogP) is 0.661. The molecule has 20 heavy (non-hydrogen) atoms. The van der Waals surface area contributed by atoms with Gasteiger partial charge in [0.15, 0.2) is 0 Å². The molecule has 0 unspecified atom stereocenters. The second kappa shape index (κ2) is 7.36. The number of carbonyl (C=O) groups excluding carboxylic acids is 1. The van der Waals surface area contributed by atoms with E-state index in [1.807, 2.05) is 48.3 Å². The van der Waals surface area contributed by atoms with Gasteiger partial charge in [-0.3, -0.25) is 9.78 Å². The van der Waals surface area contributed by atoms with Gasteiger partial charge in [-0.2, -0.15) is 0 Å². The molecule has 0 N–H and O–H groups in total. The molecule has 1 amide bonds. The molecule has 2 heterocycles. The number of hydrogen-bond acceptors (Lipinski definition) is 4. The first-order valence-electron chi connectivity index (χ1n) is 7.05. The molecule has 1 aromatic heterocycles. The van der Waals surface area contributed by atoms with Crippen molar-refractivity contribution >= 4 is 5.91 Å². The quantitative estimate of drug-likeness (QED) is 0.811. The molecule has 0 saturated carbocycles. The van der Waals surface area contributed by atoms with Crippen molar-refractivity contribution in [1.82, 2.24) is 14.8 Å². The molecule has 0 spiro atoms. The Morgan fingerprint density at radius 1 is 1.50 bits per heavy atom. The third-order valence-electron chi connectivity index (χ3n) is 3.37. The van der Waals surface area contributed by atoms with Gasteiger partial charge >= 0.3 is 0 Å². The van der Waals surface area contributed by atoms with Gasteiger partial charge in [-0.05, 0) is 32.6 Å². The first-order chi connectivity index (χ1) is 9.65. The molecule has 5 heteroatoms. The van der Waals surface area contributed by atoms with Gasteiger partial charge in [0, 0.05) is 30.9 Å². The highest BCUT2D eigenvalue weighted by Gasteiger charge is 2.23. The standard InChI is InChI=1S/C15H23N3O2/c1-17(2)11-15(19)18-7-8-20-12-13(10-18)9-14-5-3-4-6-16-14/h3-6,13H,7-12H2,1-2H3/t13-/m1/s1. The zero-order valence-electron chi connectivity index (χ0n) is 12.3. The molecular weight excluding hydrogens is 254 g/mol. The molecular formula is C15H23N3O2. The summed E-state index contributed by atoms with van der Waals surface area (Å²) in [6.07, 6.45) is 2.66. The third-order valence-corrected chi connectivity index (χ3v) is 3.37. The molecule has 0 bridgehead atoms. The zero-order chi connectivity index (χ0) is 14.4. The number of ether oxygens (including phenoxy) is 1. The summed E-state index contributed by atoms with van der Waals surface area (Å²) in [5.74, 6) is 0.491. The monoisotopic (exact) mass is 277 g/mol. The molecule has 0 radical (unpaired) electrons. The molecule has 2 rings (SSSR count). The summed E-state index contributed by atoms with van der Waals surface area (Å²) >= 11 is 0. The normalized spacial score (nSPS) is 19.9. The Labute approximate surface area is 120 Å². The highest BCUT2D eigenvalue weighted by atomic mass is 16.5. The molecule has 1 atom stereocenters. The lowest BCUT2D eigenvalue weighted by molar-refractivity contribution is -0.132. The summed E-state index contributed by atoms with van der Waals surface area (Å²) < 4.78 is 5.63. The van der Waals surface area contributed by atoms with E-state index in [1.165, 1.54) is 0 Å². The SMILES string of the molecule is CN(C)CC(=O)N1CCOC[C@H](Cc2ccccn2)C1. The number of carbonyl (C=O) groups is 1. The van der Waals surface area contributed by atoms with Gasteiger partial charge in [0.25, 0.3) is 0 Å². The van der Waals surface area contributed by atoms with Crippen LogP contribution < -0.4 is 0 Å². The highest BCUT2D eigenvalue weighted by Crippen LogP contribution is 2.12. The number of rotatable bonds is 4. The number of hydrogen-bond donors (Lipinski definition) is 0. The fourth-order valence-corrected chi connectivity index (χ4v) is 2.42. The van der Waals surface area contributed by atoms with Gasteiger partial charge in [0.05, 0.1) is 19.8 Å². The molecule has 5 nitrogen and oxygen atoms in total. The van der Waals surface area contributed by atoms with Crippen molar-refractivity contribution in [3.05, 3.63) is 30.1 Å². The zero-order valence-corrected chi connectivity index (χ0v) is 12.3. The van der Waals surface area contributed by atoms with Crippen LogP contribution in [0, 0.1) is 5.92 Å². The molecule has 0 aromatic carbocycles.